The molecule has 2 rings (SSSR count). The number of hydrogen-bond donors (Lipinski definition) is 2. The van der Waals surface area contributed by atoms with E-state index >= 15 is 0 Å². The van der Waals surface area contributed by atoms with Gasteiger partial charge in [-0.2, -0.15) is 0 Å². The van der Waals surface area contributed by atoms with Crippen LogP contribution in [0.5, 0.6) is 0 Å². The molecule has 1 atom stereocenters. The Labute approximate surface area is 182 Å². The molecular formula is C25H30O6. The molecule has 1 aliphatic carbocycles. The third kappa shape index (κ3) is 6.01. The molecule has 1 aromatic rings. The Kier molecular flexibility index (Phi) is 7.39. The molecule has 0 saturated heterocycles. The van der Waals surface area contributed by atoms with E-state index in [-0.39, 0.29) is 29.9 Å². The molecule has 0 saturated carbocycles. The normalized spacial score (nSPS) is 16.6. The summed E-state index contributed by atoms with van der Waals surface area (Å²) in [5.41, 5.74) is -0.716. The van der Waals surface area contributed by atoms with Gasteiger partial charge in [-0.25, -0.2) is 4.79 Å². The van der Waals surface area contributed by atoms with E-state index in [0.717, 1.165) is 0 Å². The maximum Gasteiger partial charge on any atom is 0.333 e. The topological polar surface area (TPSA) is 101 Å². The third-order valence-corrected chi connectivity index (χ3v) is 5.31. The van der Waals surface area contributed by atoms with Gasteiger partial charge in [-0.05, 0) is 33.1 Å². The predicted molar refractivity (Wildman–Crippen MR) is 118 cm³/mol. The number of carbonyl (C=O) groups is 3. The van der Waals surface area contributed by atoms with Gasteiger partial charge in [0.05, 0.1) is 12.2 Å². The van der Waals surface area contributed by atoms with Crippen molar-refractivity contribution in [2.45, 2.75) is 52.6 Å². The zero-order valence-electron chi connectivity index (χ0n) is 18.5. The van der Waals surface area contributed by atoms with Crippen molar-refractivity contribution in [3.8, 4) is 0 Å². The fraction of sp³-hybridized carbons (Fsp3) is 0.400. The van der Waals surface area contributed by atoms with E-state index < -0.39 is 28.6 Å². The first-order valence-corrected chi connectivity index (χ1v) is 10.2. The van der Waals surface area contributed by atoms with Crippen molar-refractivity contribution in [1.29, 1.82) is 0 Å². The van der Waals surface area contributed by atoms with Crippen LogP contribution < -0.4 is 0 Å². The van der Waals surface area contributed by atoms with Crippen LogP contribution in [-0.4, -0.2) is 40.0 Å². The molecular weight excluding hydrogens is 396 g/mol. The Morgan fingerprint density at radius 3 is 2.35 bits per heavy atom. The van der Waals surface area contributed by atoms with Gasteiger partial charge in [0.25, 0.3) is 0 Å². The van der Waals surface area contributed by atoms with Crippen molar-refractivity contribution < 1.29 is 29.3 Å². The van der Waals surface area contributed by atoms with Crippen molar-refractivity contribution in [2.24, 2.45) is 5.41 Å². The highest BCUT2D eigenvalue weighted by Crippen LogP contribution is 2.35. The Morgan fingerprint density at radius 1 is 1.13 bits per heavy atom. The molecule has 1 aliphatic rings. The van der Waals surface area contributed by atoms with Crippen molar-refractivity contribution in [3.05, 3.63) is 65.3 Å². The zero-order chi connectivity index (χ0) is 23.4. The first kappa shape index (κ1) is 24.3. The average Bonchev–Trinajstić information content (AvgIpc) is 2.73. The molecule has 1 aromatic carbocycles. The Morgan fingerprint density at radius 2 is 1.74 bits per heavy atom. The average molecular weight is 427 g/mol. The summed E-state index contributed by atoms with van der Waals surface area (Å²) >= 11 is 0. The number of aliphatic hydroxyl groups excluding tert-OH is 1. The monoisotopic (exact) mass is 426 g/mol. The van der Waals surface area contributed by atoms with Crippen LogP contribution in [0.15, 0.2) is 54.1 Å². The lowest BCUT2D eigenvalue weighted by Crippen LogP contribution is -2.30. The van der Waals surface area contributed by atoms with Gasteiger partial charge < -0.3 is 14.9 Å². The van der Waals surface area contributed by atoms with Gasteiger partial charge in [0, 0.05) is 27.7 Å². The van der Waals surface area contributed by atoms with Crippen LogP contribution in [0.2, 0.25) is 0 Å². The number of hydrogen-bond acceptors (Lipinski definition) is 6. The highest BCUT2D eigenvalue weighted by molar-refractivity contribution is 6.52. The minimum Gasteiger partial charge on any atom is -0.507 e. The van der Waals surface area contributed by atoms with E-state index in [4.69, 9.17) is 4.74 Å². The Bertz CT molecular complexity index is 962. The van der Waals surface area contributed by atoms with Gasteiger partial charge in [0.1, 0.15) is 5.76 Å². The number of benzene rings is 1. The molecule has 6 nitrogen and oxygen atoms in total. The molecule has 31 heavy (non-hydrogen) atoms. The van der Waals surface area contributed by atoms with Gasteiger partial charge in [-0.15, -0.1) is 6.58 Å². The highest BCUT2D eigenvalue weighted by atomic mass is 16.5. The van der Waals surface area contributed by atoms with E-state index in [9.17, 15) is 24.6 Å². The van der Waals surface area contributed by atoms with Crippen LogP contribution in [0.4, 0.5) is 0 Å². The molecule has 0 radical (unpaired) electrons. The van der Waals surface area contributed by atoms with Crippen LogP contribution in [0, 0.1) is 5.41 Å². The molecule has 0 spiro atoms. The second-order valence-electron chi connectivity index (χ2n) is 8.94. The van der Waals surface area contributed by atoms with Gasteiger partial charge in [0.2, 0.25) is 11.6 Å². The standard InChI is InChI=1S/C25H30O6/c1-6-25(5,30)13-9-10-16(2)23(29)31-15-24(3,4)14-19-20(26)17-11-7-8-12-18(17)21(27)22(19)28/h6-8,10-12,26,30H,1,9,13-15H2,2-5H3/b16-10+/t25-/m0/s1. The minimum absolute atomic E-state index is 0.00127. The summed E-state index contributed by atoms with van der Waals surface area (Å²) < 4.78 is 5.40. The Hall–Kier alpha value is -2.99. The smallest absolute Gasteiger partial charge is 0.333 e. The van der Waals surface area contributed by atoms with E-state index in [1.54, 1.807) is 52.0 Å². The zero-order valence-corrected chi connectivity index (χ0v) is 18.5. The highest BCUT2D eigenvalue weighted by Gasteiger charge is 2.36. The first-order chi connectivity index (χ1) is 14.4. The van der Waals surface area contributed by atoms with Crippen LogP contribution >= 0.6 is 0 Å². The largest absolute Gasteiger partial charge is 0.507 e. The molecule has 6 heteroatoms. The maximum atomic E-state index is 12.5. The van der Waals surface area contributed by atoms with Crippen LogP contribution in [0.25, 0.3) is 5.76 Å². The number of aliphatic hydroxyl groups is 2. The van der Waals surface area contributed by atoms with Crippen LogP contribution in [0.1, 0.15) is 62.9 Å². The third-order valence-electron chi connectivity index (χ3n) is 5.31. The summed E-state index contributed by atoms with van der Waals surface area (Å²) in [5, 5.41) is 20.5. The van der Waals surface area contributed by atoms with Crippen LogP contribution in [0.3, 0.4) is 0 Å². The SMILES string of the molecule is C=C[C@](C)(O)CC/C=C(\C)C(=O)OCC(C)(C)CC1=C(O)c2ccccc2C(=O)C1=O. The van der Waals surface area contributed by atoms with E-state index in [0.29, 0.717) is 24.0 Å². The maximum absolute atomic E-state index is 12.5. The molecule has 0 aliphatic heterocycles. The molecule has 0 aromatic heterocycles. The van der Waals surface area contributed by atoms with Gasteiger partial charge in [-0.1, -0.05) is 50.3 Å². The van der Waals surface area contributed by atoms with Crippen molar-refractivity contribution >= 4 is 23.3 Å². The van der Waals surface area contributed by atoms with Crippen molar-refractivity contribution in [1.82, 2.24) is 0 Å². The number of esters is 1. The van der Waals surface area contributed by atoms with E-state index in [1.165, 1.54) is 12.1 Å². The lowest BCUT2D eigenvalue weighted by molar-refractivity contribution is -0.142. The second-order valence-corrected chi connectivity index (χ2v) is 8.94. The van der Waals surface area contributed by atoms with Crippen molar-refractivity contribution in [3.63, 3.8) is 0 Å². The van der Waals surface area contributed by atoms with E-state index in [1.807, 2.05) is 0 Å². The fourth-order valence-electron chi connectivity index (χ4n) is 3.25. The van der Waals surface area contributed by atoms with E-state index in [2.05, 4.69) is 6.58 Å². The van der Waals surface area contributed by atoms with Gasteiger partial charge >= 0.3 is 5.97 Å². The summed E-state index contributed by atoms with van der Waals surface area (Å²) in [7, 11) is 0. The summed E-state index contributed by atoms with van der Waals surface area (Å²) in [6.45, 7) is 10.4. The fourth-order valence-corrected chi connectivity index (χ4v) is 3.25. The second kappa shape index (κ2) is 9.43. The van der Waals surface area contributed by atoms with Gasteiger partial charge in [0.15, 0.2) is 0 Å². The summed E-state index contributed by atoms with van der Waals surface area (Å²) in [5.74, 6) is -2.09. The molecule has 0 unspecified atom stereocenters. The molecule has 0 amide bonds. The predicted octanol–water partition coefficient (Wildman–Crippen LogP) is 4.34. The minimum atomic E-state index is -0.999. The molecule has 166 valence electrons. The van der Waals surface area contributed by atoms with Crippen molar-refractivity contribution in [2.75, 3.05) is 6.61 Å². The lowest BCUT2D eigenvalue weighted by Gasteiger charge is -2.27. The summed E-state index contributed by atoms with van der Waals surface area (Å²) in [6, 6.07) is 6.44. The number of Topliss-reactive ketones (excluding diaryl/α,β-unsaturated/α-hetero) is 2. The van der Waals surface area contributed by atoms with Gasteiger partial charge in [-0.3, -0.25) is 9.59 Å². The number of rotatable bonds is 9. The molecule has 0 bridgehead atoms. The number of fused-ring (bicyclic) bond motifs is 1. The first-order valence-electron chi connectivity index (χ1n) is 10.2. The van der Waals surface area contributed by atoms with Crippen LogP contribution in [-0.2, 0) is 14.3 Å². The number of allylic oxidation sites excluding steroid dienone is 2. The molecule has 0 heterocycles. The lowest BCUT2D eigenvalue weighted by atomic mass is 9.79. The number of ketones is 2. The number of carbonyl (C=O) groups excluding carboxylic acids is 3. The molecule has 2 N–H and O–H groups in total. The molecule has 0 fully saturated rings. The number of ether oxygens (including phenoxy) is 1. The Balaban J connectivity index is 2.05. The quantitative estimate of drug-likeness (QED) is 0.264. The summed E-state index contributed by atoms with van der Waals surface area (Å²) in [4.78, 5) is 37.2. The summed E-state index contributed by atoms with van der Waals surface area (Å²) in [6.07, 6.45) is 4.15.